The number of nitrogens with one attached hydrogen (secondary N) is 1. The van der Waals surface area contributed by atoms with Crippen molar-refractivity contribution in [3.8, 4) is 0 Å². The molecule has 3 N–H and O–H groups in total. The summed E-state index contributed by atoms with van der Waals surface area (Å²) < 4.78 is 0. The van der Waals surface area contributed by atoms with E-state index in [-0.39, 0.29) is 5.84 Å². The number of aromatic nitrogens is 1. The Balaban J connectivity index is 2.87. The lowest BCUT2D eigenvalue weighted by atomic mass is 10.0. The van der Waals surface area contributed by atoms with E-state index in [2.05, 4.69) is 30.7 Å². The highest BCUT2D eigenvalue weighted by atomic mass is 15.1. The van der Waals surface area contributed by atoms with Gasteiger partial charge in [0.15, 0.2) is 0 Å². The van der Waals surface area contributed by atoms with E-state index >= 15 is 0 Å². The van der Waals surface area contributed by atoms with Crippen LogP contribution in [0.3, 0.4) is 0 Å². The summed E-state index contributed by atoms with van der Waals surface area (Å²) in [5.74, 6) is 0.731. The molecule has 0 atom stereocenters. The van der Waals surface area contributed by atoms with E-state index in [9.17, 15) is 0 Å². The molecule has 1 heterocycles. The van der Waals surface area contributed by atoms with Gasteiger partial charge >= 0.3 is 0 Å². The van der Waals surface area contributed by atoms with Crippen LogP contribution in [0.15, 0.2) is 18.3 Å². The van der Waals surface area contributed by atoms with Crippen LogP contribution in [0.25, 0.3) is 0 Å². The summed E-state index contributed by atoms with van der Waals surface area (Å²) in [4.78, 5) is 6.42. The zero-order chi connectivity index (χ0) is 13.5. The lowest BCUT2D eigenvalue weighted by Gasteiger charge is -2.27. The highest BCUT2D eigenvalue weighted by molar-refractivity contribution is 5.93. The fourth-order valence-electron chi connectivity index (χ4n) is 2.04. The van der Waals surface area contributed by atoms with Gasteiger partial charge in [-0.2, -0.15) is 0 Å². The van der Waals surface area contributed by atoms with Crippen LogP contribution in [-0.4, -0.2) is 23.9 Å². The zero-order valence-electron chi connectivity index (χ0n) is 11.6. The standard InChI is InChI=1S/C14H24N4/c1-4-11(5-2)10-18(6-3)12-7-8-17-13(9-12)14(15)16/h7-9,11H,4-6,10H2,1-3H3,(H3,15,16). The molecule has 0 aliphatic rings. The van der Waals surface area contributed by atoms with Crippen molar-refractivity contribution in [1.29, 1.82) is 5.41 Å². The molecule has 100 valence electrons. The Bertz CT molecular complexity index is 385. The van der Waals surface area contributed by atoms with Gasteiger partial charge in [0.05, 0.1) is 0 Å². The van der Waals surface area contributed by atoms with Gasteiger partial charge in [0, 0.05) is 25.0 Å². The number of anilines is 1. The largest absolute Gasteiger partial charge is 0.382 e. The molecule has 0 unspecified atom stereocenters. The molecule has 18 heavy (non-hydrogen) atoms. The van der Waals surface area contributed by atoms with E-state index in [0.717, 1.165) is 18.8 Å². The van der Waals surface area contributed by atoms with Crippen molar-refractivity contribution in [2.75, 3.05) is 18.0 Å². The zero-order valence-corrected chi connectivity index (χ0v) is 11.6. The molecule has 0 saturated heterocycles. The first-order valence-electron chi connectivity index (χ1n) is 6.67. The molecule has 0 amide bonds. The van der Waals surface area contributed by atoms with Gasteiger partial charge in [0.25, 0.3) is 0 Å². The average molecular weight is 248 g/mol. The van der Waals surface area contributed by atoms with Gasteiger partial charge < -0.3 is 10.6 Å². The predicted octanol–water partition coefficient (Wildman–Crippen LogP) is 2.63. The van der Waals surface area contributed by atoms with Crippen LogP contribution in [0.5, 0.6) is 0 Å². The highest BCUT2D eigenvalue weighted by Gasteiger charge is 2.11. The topological polar surface area (TPSA) is 66.0 Å². The van der Waals surface area contributed by atoms with E-state index in [1.165, 1.54) is 12.8 Å². The van der Waals surface area contributed by atoms with Gasteiger partial charge in [-0.15, -0.1) is 0 Å². The molecule has 0 radical (unpaired) electrons. The van der Waals surface area contributed by atoms with Crippen molar-refractivity contribution < 1.29 is 0 Å². The maximum Gasteiger partial charge on any atom is 0.141 e. The summed E-state index contributed by atoms with van der Waals surface area (Å²) in [6.45, 7) is 8.62. The molecule has 0 fully saturated rings. The van der Waals surface area contributed by atoms with Crippen LogP contribution in [0.2, 0.25) is 0 Å². The lowest BCUT2D eigenvalue weighted by molar-refractivity contribution is 0.486. The molecule has 0 saturated carbocycles. The van der Waals surface area contributed by atoms with Crippen molar-refractivity contribution in [1.82, 2.24) is 4.98 Å². The number of amidine groups is 1. The van der Waals surface area contributed by atoms with Gasteiger partial charge in [0.2, 0.25) is 0 Å². The van der Waals surface area contributed by atoms with E-state index in [1.54, 1.807) is 6.20 Å². The third-order valence-corrected chi connectivity index (χ3v) is 3.40. The number of nitrogen functional groups attached to an aromatic ring is 1. The van der Waals surface area contributed by atoms with E-state index < -0.39 is 0 Å². The Labute approximate surface area is 110 Å². The van der Waals surface area contributed by atoms with Gasteiger partial charge in [-0.1, -0.05) is 26.7 Å². The fourth-order valence-corrected chi connectivity index (χ4v) is 2.04. The third kappa shape index (κ3) is 3.72. The number of hydrogen-bond donors (Lipinski definition) is 2. The van der Waals surface area contributed by atoms with Crippen LogP contribution in [0.4, 0.5) is 5.69 Å². The third-order valence-electron chi connectivity index (χ3n) is 3.40. The molecule has 4 nitrogen and oxygen atoms in total. The lowest BCUT2D eigenvalue weighted by Crippen LogP contribution is -2.29. The molecule has 1 rings (SSSR count). The van der Waals surface area contributed by atoms with Crippen LogP contribution in [-0.2, 0) is 0 Å². The normalized spacial score (nSPS) is 10.7. The first kappa shape index (κ1) is 14.5. The quantitative estimate of drug-likeness (QED) is 0.576. The Kier molecular flexibility index (Phi) is 5.62. The predicted molar refractivity (Wildman–Crippen MR) is 77.2 cm³/mol. The first-order valence-corrected chi connectivity index (χ1v) is 6.67. The van der Waals surface area contributed by atoms with Crippen LogP contribution < -0.4 is 10.6 Å². The van der Waals surface area contributed by atoms with E-state index in [4.69, 9.17) is 11.1 Å². The molecule has 0 bridgehead atoms. The number of rotatable bonds is 7. The Morgan fingerprint density at radius 2 is 2.06 bits per heavy atom. The smallest absolute Gasteiger partial charge is 0.141 e. The molecule has 4 heteroatoms. The Morgan fingerprint density at radius 3 is 2.56 bits per heavy atom. The Hall–Kier alpha value is -1.58. The maximum atomic E-state index is 7.44. The second kappa shape index (κ2) is 6.99. The molecule has 1 aromatic rings. The average Bonchev–Trinajstić information content (AvgIpc) is 2.40. The molecule has 0 aliphatic carbocycles. The summed E-state index contributed by atoms with van der Waals surface area (Å²) >= 11 is 0. The minimum atomic E-state index is 0.0236. The minimum Gasteiger partial charge on any atom is -0.382 e. The summed E-state index contributed by atoms with van der Waals surface area (Å²) in [5.41, 5.74) is 7.13. The van der Waals surface area contributed by atoms with E-state index in [0.29, 0.717) is 11.6 Å². The number of nitrogens with two attached hydrogens (primary N) is 1. The highest BCUT2D eigenvalue weighted by Crippen LogP contribution is 2.18. The van der Waals surface area contributed by atoms with Crippen molar-refractivity contribution in [3.63, 3.8) is 0 Å². The molecular weight excluding hydrogens is 224 g/mol. The SMILES string of the molecule is CCC(CC)CN(CC)c1ccnc(C(=N)N)c1. The van der Waals surface area contributed by atoms with E-state index in [1.807, 2.05) is 12.1 Å². The van der Waals surface area contributed by atoms with Crippen LogP contribution >= 0.6 is 0 Å². The van der Waals surface area contributed by atoms with Crippen LogP contribution in [0, 0.1) is 11.3 Å². The second-order valence-electron chi connectivity index (χ2n) is 4.53. The second-order valence-corrected chi connectivity index (χ2v) is 4.53. The van der Waals surface area contributed by atoms with Gasteiger partial charge in [-0.25, -0.2) is 0 Å². The number of pyridine rings is 1. The molecule has 1 aromatic heterocycles. The van der Waals surface area contributed by atoms with Crippen LogP contribution in [0.1, 0.15) is 39.3 Å². The first-order chi connectivity index (χ1) is 8.62. The fraction of sp³-hybridized carbons (Fsp3) is 0.571. The monoisotopic (exact) mass is 248 g/mol. The van der Waals surface area contributed by atoms with Crippen molar-refractivity contribution in [3.05, 3.63) is 24.0 Å². The summed E-state index contributed by atoms with van der Waals surface area (Å²) in [6, 6.07) is 3.88. The maximum absolute atomic E-state index is 7.44. The number of nitrogens with zero attached hydrogens (tertiary/aromatic N) is 2. The van der Waals surface area contributed by atoms with Gasteiger partial charge in [-0.3, -0.25) is 10.4 Å². The molecule has 0 spiro atoms. The molecule has 0 aliphatic heterocycles. The molecular formula is C14H24N4. The minimum absolute atomic E-state index is 0.0236. The van der Waals surface area contributed by atoms with Crippen molar-refractivity contribution in [2.24, 2.45) is 11.7 Å². The van der Waals surface area contributed by atoms with Gasteiger partial charge in [0.1, 0.15) is 11.5 Å². The van der Waals surface area contributed by atoms with Gasteiger partial charge in [-0.05, 0) is 25.0 Å². The van der Waals surface area contributed by atoms with Crippen molar-refractivity contribution in [2.45, 2.75) is 33.6 Å². The van der Waals surface area contributed by atoms with Crippen molar-refractivity contribution >= 4 is 11.5 Å². The number of hydrogen-bond acceptors (Lipinski definition) is 3. The molecule has 0 aromatic carbocycles. The Morgan fingerprint density at radius 1 is 1.39 bits per heavy atom. The summed E-state index contributed by atoms with van der Waals surface area (Å²) in [7, 11) is 0. The summed E-state index contributed by atoms with van der Waals surface area (Å²) in [6.07, 6.45) is 4.11. The summed E-state index contributed by atoms with van der Waals surface area (Å²) in [5, 5.41) is 7.44.